The summed E-state index contributed by atoms with van der Waals surface area (Å²) in [6.45, 7) is 3.18. The molecule has 1 aliphatic heterocycles. The molecule has 5 nitrogen and oxygen atoms in total. The highest BCUT2D eigenvalue weighted by Crippen LogP contribution is 2.24. The summed E-state index contributed by atoms with van der Waals surface area (Å²) in [5.74, 6) is 0.209. The van der Waals surface area contributed by atoms with Crippen molar-refractivity contribution < 1.29 is 5.21 Å². The number of rotatable bonds is 1. The van der Waals surface area contributed by atoms with Crippen molar-refractivity contribution in [1.29, 1.82) is 5.41 Å². The first-order valence-electron chi connectivity index (χ1n) is 5.62. The molecule has 2 rings (SSSR count). The van der Waals surface area contributed by atoms with Crippen LogP contribution in [0.3, 0.4) is 0 Å². The van der Waals surface area contributed by atoms with Crippen molar-refractivity contribution in [3.05, 3.63) is 17.6 Å². The maximum atomic E-state index is 9.38. The monoisotopic (exact) mass is 222 g/mol. The van der Waals surface area contributed by atoms with E-state index >= 15 is 0 Å². The largest absolute Gasteiger partial charge is 0.425 e. The van der Waals surface area contributed by atoms with E-state index in [1.807, 2.05) is 0 Å². The standard InChI is InChI=1S/C11H18N4O/c1-8-4-2-3-5-14(8)9-6-10(12)15(16)11(13)7-9/h6-8,12,16H,2-5,13H2,1H3. The normalized spacial score (nSPS) is 21.1. The quantitative estimate of drug-likeness (QED) is 0.624. The van der Waals surface area contributed by atoms with Gasteiger partial charge in [0.15, 0.2) is 5.49 Å². The minimum atomic E-state index is 0.0211. The molecular formula is C11H18N4O. The minimum Gasteiger partial charge on any atom is -0.425 e. The summed E-state index contributed by atoms with van der Waals surface area (Å²) in [5.41, 5.74) is 6.59. The highest BCUT2D eigenvalue weighted by atomic mass is 16.5. The lowest BCUT2D eigenvalue weighted by Crippen LogP contribution is -2.38. The van der Waals surface area contributed by atoms with Crippen LogP contribution in [0.5, 0.6) is 0 Å². The van der Waals surface area contributed by atoms with Gasteiger partial charge in [-0.1, -0.05) is 0 Å². The summed E-state index contributed by atoms with van der Waals surface area (Å²) in [4.78, 5) is 2.25. The van der Waals surface area contributed by atoms with Gasteiger partial charge in [-0.3, -0.25) is 5.41 Å². The first-order chi connectivity index (χ1) is 7.59. The molecule has 0 spiro atoms. The lowest BCUT2D eigenvalue weighted by molar-refractivity contribution is 0.177. The van der Waals surface area contributed by atoms with E-state index in [1.54, 1.807) is 12.1 Å². The van der Waals surface area contributed by atoms with Crippen molar-refractivity contribution >= 4 is 11.5 Å². The fraction of sp³-hybridized carbons (Fsp3) is 0.545. The molecule has 1 aromatic heterocycles. The number of anilines is 2. The van der Waals surface area contributed by atoms with E-state index in [2.05, 4.69) is 11.8 Å². The Morgan fingerprint density at radius 1 is 1.44 bits per heavy atom. The number of nitrogens with two attached hydrogens (primary N) is 1. The Morgan fingerprint density at radius 2 is 2.19 bits per heavy atom. The van der Waals surface area contributed by atoms with Crippen LogP contribution in [0.4, 0.5) is 11.5 Å². The molecule has 1 aliphatic rings. The fourth-order valence-electron chi connectivity index (χ4n) is 2.24. The fourth-order valence-corrected chi connectivity index (χ4v) is 2.24. The van der Waals surface area contributed by atoms with Crippen LogP contribution in [0.15, 0.2) is 12.1 Å². The van der Waals surface area contributed by atoms with Crippen LogP contribution in [0.25, 0.3) is 0 Å². The number of piperidine rings is 1. The molecule has 2 heterocycles. The second-order valence-electron chi connectivity index (χ2n) is 4.37. The molecule has 0 saturated carbocycles. The van der Waals surface area contributed by atoms with Gasteiger partial charge in [0, 0.05) is 30.4 Å². The number of nitrogens with zero attached hydrogens (tertiary/aromatic N) is 2. The Morgan fingerprint density at radius 3 is 2.81 bits per heavy atom. The van der Waals surface area contributed by atoms with Crippen LogP contribution in [-0.2, 0) is 0 Å². The van der Waals surface area contributed by atoms with Gasteiger partial charge in [0.1, 0.15) is 5.82 Å². The van der Waals surface area contributed by atoms with Gasteiger partial charge in [0.2, 0.25) is 0 Å². The topological polar surface area (TPSA) is 78.3 Å². The maximum absolute atomic E-state index is 9.38. The summed E-state index contributed by atoms with van der Waals surface area (Å²) in [5, 5.41) is 17.0. The zero-order valence-corrected chi connectivity index (χ0v) is 9.48. The first-order valence-corrected chi connectivity index (χ1v) is 5.62. The van der Waals surface area contributed by atoms with Gasteiger partial charge >= 0.3 is 0 Å². The molecule has 5 heteroatoms. The Labute approximate surface area is 94.6 Å². The number of hydrogen-bond acceptors (Lipinski definition) is 4. The van der Waals surface area contributed by atoms with Crippen LogP contribution in [0.2, 0.25) is 0 Å². The molecule has 88 valence electrons. The molecule has 1 aromatic rings. The van der Waals surface area contributed by atoms with E-state index in [4.69, 9.17) is 11.1 Å². The van der Waals surface area contributed by atoms with Crippen molar-refractivity contribution in [1.82, 2.24) is 4.73 Å². The van der Waals surface area contributed by atoms with Gasteiger partial charge in [-0.05, 0) is 26.2 Å². The van der Waals surface area contributed by atoms with E-state index in [1.165, 1.54) is 19.3 Å². The molecular weight excluding hydrogens is 204 g/mol. The van der Waals surface area contributed by atoms with Crippen molar-refractivity contribution in [2.45, 2.75) is 32.2 Å². The lowest BCUT2D eigenvalue weighted by Gasteiger charge is -2.35. The number of hydrogen-bond donors (Lipinski definition) is 3. The first kappa shape index (κ1) is 10.9. The molecule has 0 bridgehead atoms. The molecule has 1 saturated heterocycles. The Kier molecular flexibility index (Phi) is 2.77. The summed E-state index contributed by atoms with van der Waals surface area (Å²) in [6, 6.07) is 3.85. The molecule has 0 radical (unpaired) electrons. The van der Waals surface area contributed by atoms with Crippen molar-refractivity contribution in [3.63, 3.8) is 0 Å². The highest BCUT2D eigenvalue weighted by molar-refractivity contribution is 5.53. The van der Waals surface area contributed by atoms with E-state index in [-0.39, 0.29) is 11.3 Å². The summed E-state index contributed by atoms with van der Waals surface area (Å²) in [7, 11) is 0. The maximum Gasteiger partial charge on any atom is 0.165 e. The molecule has 0 aliphatic carbocycles. The van der Waals surface area contributed by atoms with E-state index in [0.717, 1.165) is 12.2 Å². The smallest absolute Gasteiger partial charge is 0.165 e. The molecule has 0 aromatic carbocycles. The van der Waals surface area contributed by atoms with E-state index in [0.29, 0.717) is 10.8 Å². The number of pyridine rings is 1. The second kappa shape index (κ2) is 4.08. The molecule has 16 heavy (non-hydrogen) atoms. The van der Waals surface area contributed by atoms with Gasteiger partial charge in [0.25, 0.3) is 0 Å². The average molecular weight is 222 g/mol. The molecule has 4 N–H and O–H groups in total. The number of nitrogens with one attached hydrogen (secondary N) is 1. The summed E-state index contributed by atoms with van der Waals surface area (Å²) in [6.07, 6.45) is 3.60. The predicted molar refractivity (Wildman–Crippen MR) is 62.5 cm³/mol. The van der Waals surface area contributed by atoms with Crippen LogP contribution in [0, 0.1) is 5.41 Å². The summed E-state index contributed by atoms with van der Waals surface area (Å²) >= 11 is 0. The van der Waals surface area contributed by atoms with Crippen molar-refractivity contribution in [3.8, 4) is 0 Å². The summed E-state index contributed by atoms with van der Waals surface area (Å²) < 4.78 is 0.693. The third kappa shape index (κ3) is 1.85. The zero-order valence-electron chi connectivity index (χ0n) is 9.48. The zero-order chi connectivity index (χ0) is 11.7. The van der Waals surface area contributed by atoms with Gasteiger partial charge < -0.3 is 15.8 Å². The van der Waals surface area contributed by atoms with Crippen molar-refractivity contribution in [2.24, 2.45) is 0 Å². The van der Waals surface area contributed by atoms with Gasteiger partial charge in [-0.15, -0.1) is 0 Å². The van der Waals surface area contributed by atoms with Crippen LogP contribution in [0.1, 0.15) is 26.2 Å². The lowest BCUT2D eigenvalue weighted by atomic mass is 10.0. The highest BCUT2D eigenvalue weighted by Gasteiger charge is 2.19. The third-order valence-corrected chi connectivity index (χ3v) is 3.19. The van der Waals surface area contributed by atoms with Crippen molar-refractivity contribution in [2.75, 3.05) is 17.2 Å². The van der Waals surface area contributed by atoms with Crippen LogP contribution < -0.4 is 16.1 Å². The number of aromatic nitrogens is 1. The minimum absolute atomic E-state index is 0.0211. The molecule has 1 fully saturated rings. The van der Waals surface area contributed by atoms with Crippen LogP contribution in [-0.4, -0.2) is 22.5 Å². The third-order valence-electron chi connectivity index (χ3n) is 3.19. The number of nitrogen functional groups attached to an aromatic ring is 1. The van der Waals surface area contributed by atoms with Gasteiger partial charge in [-0.2, -0.15) is 4.73 Å². The molecule has 1 unspecified atom stereocenters. The second-order valence-corrected chi connectivity index (χ2v) is 4.37. The van der Waals surface area contributed by atoms with Gasteiger partial charge in [0.05, 0.1) is 0 Å². The predicted octanol–water partition coefficient (Wildman–Crippen LogP) is 1.17. The van der Waals surface area contributed by atoms with E-state index < -0.39 is 0 Å². The Bertz CT molecular complexity index is 440. The Balaban J connectivity index is 2.36. The van der Waals surface area contributed by atoms with Gasteiger partial charge in [-0.25, -0.2) is 0 Å². The SMILES string of the molecule is CC1CCCCN1c1cc(N)n(O)c(=N)c1. The van der Waals surface area contributed by atoms with Crippen LogP contribution >= 0.6 is 0 Å². The van der Waals surface area contributed by atoms with E-state index in [9.17, 15) is 5.21 Å². The average Bonchev–Trinajstić information content (AvgIpc) is 2.26. The Hall–Kier alpha value is -1.65. The molecule has 0 amide bonds. The molecule has 1 atom stereocenters.